The van der Waals surface area contributed by atoms with Crippen molar-refractivity contribution in [1.82, 2.24) is 20.3 Å². The smallest absolute Gasteiger partial charge is 0.413 e. The quantitative estimate of drug-likeness (QED) is 0.723. The maximum absolute atomic E-state index is 12.4. The summed E-state index contributed by atoms with van der Waals surface area (Å²) in [6, 6.07) is 3.65. The number of hydrogen-bond donors (Lipinski definition) is 0. The van der Waals surface area contributed by atoms with Crippen molar-refractivity contribution in [2.24, 2.45) is 0 Å². The first-order valence-corrected chi connectivity index (χ1v) is 5.74. The molecule has 0 fully saturated rings. The van der Waals surface area contributed by atoms with Gasteiger partial charge in [-0.05, 0) is 19.1 Å². The largest absolute Gasteiger partial charge is 0.417 e. The lowest BCUT2D eigenvalue weighted by Crippen LogP contribution is -2.05. The summed E-state index contributed by atoms with van der Waals surface area (Å²) in [7, 11) is 0. The molecular formula is C12H7F3N4O2. The molecule has 0 amide bonds. The van der Waals surface area contributed by atoms with Crippen LogP contribution in [-0.2, 0) is 6.18 Å². The molecule has 9 heteroatoms. The van der Waals surface area contributed by atoms with Crippen molar-refractivity contribution >= 4 is 0 Å². The lowest BCUT2D eigenvalue weighted by Gasteiger charge is -2.05. The minimum atomic E-state index is -4.44. The standard InChI is InChI=1S/C12H7F3N4O2/c1-6-4-9(19-21-6)11-18-17-10(20-11)8-3-2-7(5-16-8)12(13,14)15/h2-5H,1H3. The highest BCUT2D eigenvalue weighted by Crippen LogP contribution is 2.30. The molecule has 0 atom stereocenters. The Hall–Kier alpha value is -2.71. The number of alkyl halides is 3. The van der Waals surface area contributed by atoms with E-state index in [1.807, 2.05) is 0 Å². The monoisotopic (exact) mass is 296 g/mol. The average Bonchev–Trinajstić information content (AvgIpc) is 3.06. The molecule has 0 bridgehead atoms. The molecule has 6 nitrogen and oxygen atoms in total. The molecule has 0 saturated carbocycles. The lowest BCUT2D eigenvalue weighted by molar-refractivity contribution is -0.137. The van der Waals surface area contributed by atoms with Crippen LogP contribution in [0.5, 0.6) is 0 Å². The summed E-state index contributed by atoms with van der Waals surface area (Å²) < 4.78 is 47.5. The van der Waals surface area contributed by atoms with E-state index >= 15 is 0 Å². The van der Waals surface area contributed by atoms with Crippen LogP contribution in [0.1, 0.15) is 11.3 Å². The van der Waals surface area contributed by atoms with Crippen LogP contribution in [0.4, 0.5) is 13.2 Å². The minimum absolute atomic E-state index is 0.000576. The van der Waals surface area contributed by atoms with Crippen LogP contribution in [0.3, 0.4) is 0 Å². The third-order valence-electron chi connectivity index (χ3n) is 2.58. The topological polar surface area (TPSA) is 77.8 Å². The van der Waals surface area contributed by atoms with Crippen LogP contribution in [0.15, 0.2) is 33.3 Å². The molecule has 3 rings (SSSR count). The Kier molecular flexibility index (Phi) is 2.96. The zero-order valence-corrected chi connectivity index (χ0v) is 10.5. The van der Waals surface area contributed by atoms with Gasteiger partial charge in [-0.1, -0.05) is 5.16 Å². The van der Waals surface area contributed by atoms with Gasteiger partial charge in [0.15, 0.2) is 5.69 Å². The number of aromatic nitrogens is 4. The van der Waals surface area contributed by atoms with Crippen LogP contribution < -0.4 is 0 Å². The van der Waals surface area contributed by atoms with Gasteiger partial charge in [0.05, 0.1) is 5.56 Å². The molecule has 0 unspecified atom stereocenters. The molecule has 0 N–H and O–H groups in total. The van der Waals surface area contributed by atoms with Crippen LogP contribution >= 0.6 is 0 Å². The van der Waals surface area contributed by atoms with E-state index < -0.39 is 11.7 Å². The highest BCUT2D eigenvalue weighted by atomic mass is 19.4. The zero-order chi connectivity index (χ0) is 15.0. The second-order valence-electron chi connectivity index (χ2n) is 4.17. The van der Waals surface area contributed by atoms with E-state index in [-0.39, 0.29) is 17.5 Å². The van der Waals surface area contributed by atoms with Crippen molar-refractivity contribution in [3.63, 3.8) is 0 Å². The first kappa shape index (κ1) is 13.3. The summed E-state index contributed by atoms with van der Waals surface area (Å²) in [5.74, 6) is 0.667. The van der Waals surface area contributed by atoms with Gasteiger partial charge in [-0.2, -0.15) is 13.2 Å². The first-order chi connectivity index (χ1) is 9.93. The SMILES string of the molecule is Cc1cc(-c2nnc(-c3ccc(C(F)(F)F)cn3)o2)no1. The maximum Gasteiger partial charge on any atom is 0.417 e. The molecule has 0 aliphatic carbocycles. The Morgan fingerprint density at radius 2 is 1.76 bits per heavy atom. The number of aryl methyl sites for hydroxylation is 1. The molecule has 0 aliphatic heterocycles. The molecule has 3 aromatic rings. The van der Waals surface area contributed by atoms with E-state index in [9.17, 15) is 13.2 Å². The molecule has 108 valence electrons. The predicted molar refractivity (Wildman–Crippen MR) is 62.8 cm³/mol. The van der Waals surface area contributed by atoms with Crippen LogP contribution in [0, 0.1) is 6.92 Å². The van der Waals surface area contributed by atoms with Gasteiger partial charge in [0.25, 0.3) is 11.8 Å². The number of pyridine rings is 1. The van der Waals surface area contributed by atoms with E-state index in [0.717, 1.165) is 12.1 Å². The summed E-state index contributed by atoms with van der Waals surface area (Å²) in [5.41, 5.74) is -0.363. The Morgan fingerprint density at radius 1 is 1.05 bits per heavy atom. The third-order valence-corrected chi connectivity index (χ3v) is 2.58. The van der Waals surface area contributed by atoms with Gasteiger partial charge in [0, 0.05) is 12.3 Å². The molecule has 0 saturated heterocycles. The normalized spacial score (nSPS) is 11.8. The van der Waals surface area contributed by atoms with E-state index in [0.29, 0.717) is 17.7 Å². The van der Waals surface area contributed by atoms with Crippen molar-refractivity contribution in [2.75, 3.05) is 0 Å². The van der Waals surface area contributed by atoms with E-state index in [1.165, 1.54) is 0 Å². The lowest BCUT2D eigenvalue weighted by atomic mass is 10.2. The summed E-state index contributed by atoms with van der Waals surface area (Å²) >= 11 is 0. The summed E-state index contributed by atoms with van der Waals surface area (Å²) in [4.78, 5) is 3.67. The number of hydrogen-bond acceptors (Lipinski definition) is 6. The number of rotatable bonds is 2. The van der Waals surface area contributed by atoms with Gasteiger partial charge in [0.1, 0.15) is 11.5 Å². The van der Waals surface area contributed by atoms with Crippen molar-refractivity contribution in [3.05, 3.63) is 35.7 Å². The molecule has 0 spiro atoms. The Morgan fingerprint density at radius 3 is 2.29 bits per heavy atom. The van der Waals surface area contributed by atoms with Gasteiger partial charge in [-0.15, -0.1) is 10.2 Å². The molecular weight excluding hydrogens is 289 g/mol. The summed E-state index contributed by atoms with van der Waals surface area (Å²) in [5, 5.41) is 11.2. The second-order valence-corrected chi connectivity index (χ2v) is 4.17. The van der Waals surface area contributed by atoms with Crippen molar-refractivity contribution < 1.29 is 22.1 Å². The Labute approximate surface area is 115 Å². The fraction of sp³-hybridized carbons (Fsp3) is 0.167. The van der Waals surface area contributed by atoms with Gasteiger partial charge in [-0.3, -0.25) is 4.98 Å². The average molecular weight is 296 g/mol. The molecule has 0 aromatic carbocycles. The molecule has 0 radical (unpaired) electrons. The van der Waals surface area contributed by atoms with E-state index in [2.05, 4.69) is 20.3 Å². The van der Waals surface area contributed by atoms with E-state index in [1.54, 1.807) is 13.0 Å². The Balaban J connectivity index is 1.90. The number of nitrogens with zero attached hydrogens (tertiary/aromatic N) is 4. The maximum atomic E-state index is 12.4. The van der Waals surface area contributed by atoms with Crippen molar-refractivity contribution in [3.8, 4) is 23.2 Å². The van der Waals surface area contributed by atoms with E-state index in [4.69, 9.17) is 8.94 Å². The summed E-state index contributed by atoms with van der Waals surface area (Å²) in [6.45, 7) is 1.70. The van der Waals surface area contributed by atoms with Gasteiger partial charge >= 0.3 is 6.18 Å². The molecule has 3 aromatic heterocycles. The highest BCUT2D eigenvalue weighted by molar-refractivity contribution is 5.51. The second kappa shape index (κ2) is 4.69. The highest BCUT2D eigenvalue weighted by Gasteiger charge is 2.30. The zero-order valence-electron chi connectivity index (χ0n) is 10.5. The number of halogens is 3. The first-order valence-electron chi connectivity index (χ1n) is 5.74. The molecule has 21 heavy (non-hydrogen) atoms. The van der Waals surface area contributed by atoms with Crippen LogP contribution in [0.2, 0.25) is 0 Å². The predicted octanol–water partition coefficient (Wildman–Crippen LogP) is 3.11. The van der Waals surface area contributed by atoms with Crippen LogP contribution in [-0.4, -0.2) is 20.3 Å². The fourth-order valence-electron chi connectivity index (χ4n) is 1.59. The minimum Gasteiger partial charge on any atom is -0.413 e. The fourth-order valence-corrected chi connectivity index (χ4v) is 1.59. The molecule has 3 heterocycles. The Bertz CT molecular complexity index is 761. The van der Waals surface area contributed by atoms with Gasteiger partial charge in [0.2, 0.25) is 0 Å². The third kappa shape index (κ3) is 2.62. The van der Waals surface area contributed by atoms with Crippen molar-refractivity contribution in [1.29, 1.82) is 0 Å². The van der Waals surface area contributed by atoms with Crippen molar-refractivity contribution in [2.45, 2.75) is 13.1 Å². The molecule has 0 aliphatic rings. The van der Waals surface area contributed by atoms with Crippen LogP contribution in [0.25, 0.3) is 23.2 Å². The summed E-state index contributed by atoms with van der Waals surface area (Å²) in [6.07, 6.45) is -3.73. The van der Waals surface area contributed by atoms with Gasteiger partial charge in [-0.25, -0.2) is 0 Å². The van der Waals surface area contributed by atoms with Gasteiger partial charge < -0.3 is 8.94 Å².